The first-order valence-electron chi connectivity index (χ1n) is 5.16. The molecule has 3 N–H and O–H groups in total. The average Bonchev–Trinajstić information content (AvgIpc) is 2.83. The normalized spacial score (nSPS) is 11.2. The lowest BCUT2D eigenvalue weighted by molar-refractivity contribution is 0.803. The van der Waals surface area contributed by atoms with E-state index in [1.807, 2.05) is 26.0 Å². The smallest absolute Gasteiger partial charge is 0.188 e. The minimum absolute atomic E-state index is 0.517. The highest BCUT2D eigenvalue weighted by atomic mass is 15.4. The number of nitrogens with two attached hydrogens (primary N) is 1. The molecule has 0 saturated heterocycles. The molecule has 0 aromatic carbocycles. The number of aromatic amines is 1. The molecule has 0 aliphatic heterocycles. The molecule has 3 heterocycles. The molecular formula is C10H11N7. The predicted molar refractivity (Wildman–Crippen MR) is 62.7 cm³/mol. The molecular weight excluding hydrogens is 218 g/mol. The monoisotopic (exact) mass is 229 g/mol. The molecule has 7 nitrogen and oxygen atoms in total. The van der Waals surface area contributed by atoms with Gasteiger partial charge in [-0.3, -0.25) is 5.10 Å². The Bertz CT molecular complexity index is 677. The Hall–Kier alpha value is -2.44. The van der Waals surface area contributed by atoms with Crippen LogP contribution >= 0.6 is 0 Å². The van der Waals surface area contributed by atoms with E-state index < -0.39 is 0 Å². The summed E-state index contributed by atoms with van der Waals surface area (Å²) < 4.78 is 1.63. The molecule has 0 radical (unpaired) electrons. The standard InChI is InChI=1S/C10H11N7/c1-5-3-4-7(13-12-5)17-10-8(6(2)16-17)9(11)14-15-10/h3-4H,1-2H3,(H3,11,14,15). The number of nitrogens with one attached hydrogen (secondary N) is 1. The third-order valence-electron chi connectivity index (χ3n) is 2.59. The zero-order chi connectivity index (χ0) is 12.0. The van der Waals surface area contributed by atoms with Gasteiger partial charge in [0.05, 0.1) is 16.8 Å². The van der Waals surface area contributed by atoms with Gasteiger partial charge in [-0.15, -0.1) is 5.10 Å². The fraction of sp³-hybridized carbons (Fsp3) is 0.200. The van der Waals surface area contributed by atoms with Crippen LogP contribution in [0.4, 0.5) is 5.82 Å². The summed E-state index contributed by atoms with van der Waals surface area (Å²) in [6.45, 7) is 3.76. The highest BCUT2D eigenvalue weighted by Crippen LogP contribution is 2.23. The largest absolute Gasteiger partial charge is 0.383 e. The molecule has 7 heteroatoms. The number of hydrogen-bond acceptors (Lipinski definition) is 5. The third kappa shape index (κ3) is 1.36. The fourth-order valence-corrected chi connectivity index (χ4v) is 1.77. The van der Waals surface area contributed by atoms with Crippen molar-refractivity contribution in [2.24, 2.45) is 0 Å². The second-order valence-corrected chi connectivity index (χ2v) is 3.87. The van der Waals surface area contributed by atoms with E-state index in [0.29, 0.717) is 17.3 Å². The summed E-state index contributed by atoms with van der Waals surface area (Å²) in [7, 11) is 0. The van der Waals surface area contributed by atoms with Gasteiger partial charge in [-0.25, -0.2) is 0 Å². The van der Waals surface area contributed by atoms with E-state index in [-0.39, 0.29) is 0 Å². The second-order valence-electron chi connectivity index (χ2n) is 3.87. The summed E-state index contributed by atoms with van der Waals surface area (Å²) in [4.78, 5) is 0. The molecule has 3 rings (SSSR count). The molecule has 0 aliphatic rings. The van der Waals surface area contributed by atoms with Crippen LogP contribution in [0.1, 0.15) is 11.4 Å². The number of hydrogen-bond donors (Lipinski definition) is 2. The van der Waals surface area contributed by atoms with Crippen LogP contribution in [0.2, 0.25) is 0 Å². The average molecular weight is 229 g/mol. The van der Waals surface area contributed by atoms with E-state index in [2.05, 4.69) is 25.5 Å². The topological polar surface area (TPSA) is 98.3 Å². The first-order valence-corrected chi connectivity index (χ1v) is 5.16. The molecule has 0 aliphatic carbocycles. The molecule has 0 atom stereocenters. The molecule has 0 unspecified atom stereocenters. The van der Waals surface area contributed by atoms with Gasteiger partial charge in [-0.2, -0.15) is 20.0 Å². The van der Waals surface area contributed by atoms with Crippen LogP contribution in [-0.4, -0.2) is 30.2 Å². The Labute approximate surface area is 96.7 Å². The quantitative estimate of drug-likeness (QED) is 0.641. The van der Waals surface area contributed by atoms with Gasteiger partial charge in [0.15, 0.2) is 11.5 Å². The maximum absolute atomic E-state index is 5.79. The van der Waals surface area contributed by atoms with Crippen LogP contribution in [0, 0.1) is 13.8 Å². The van der Waals surface area contributed by atoms with Crippen molar-refractivity contribution in [1.82, 2.24) is 30.2 Å². The third-order valence-corrected chi connectivity index (χ3v) is 2.59. The highest BCUT2D eigenvalue weighted by Gasteiger charge is 2.15. The van der Waals surface area contributed by atoms with Gasteiger partial charge in [0.2, 0.25) is 0 Å². The lowest BCUT2D eigenvalue weighted by Gasteiger charge is -1.98. The molecule has 86 valence electrons. The van der Waals surface area contributed by atoms with Gasteiger partial charge in [0.1, 0.15) is 5.82 Å². The Morgan fingerprint density at radius 1 is 1.24 bits per heavy atom. The number of H-pyrrole nitrogens is 1. The number of aryl methyl sites for hydroxylation is 2. The maximum Gasteiger partial charge on any atom is 0.188 e. The SMILES string of the molecule is Cc1ccc(-n2nc(C)c3c(N)[nH]nc32)nn1. The summed E-state index contributed by atoms with van der Waals surface area (Å²) in [5.41, 5.74) is 8.12. The molecule has 0 spiro atoms. The molecule has 3 aromatic heterocycles. The van der Waals surface area contributed by atoms with Crippen LogP contribution < -0.4 is 5.73 Å². The number of fused-ring (bicyclic) bond motifs is 1. The summed E-state index contributed by atoms with van der Waals surface area (Å²) in [6, 6.07) is 3.72. The van der Waals surface area contributed by atoms with Crippen molar-refractivity contribution in [2.45, 2.75) is 13.8 Å². The van der Waals surface area contributed by atoms with Crippen LogP contribution in [0.3, 0.4) is 0 Å². The molecule has 0 bridgehead atoms. The van der Waals surface area contributed by atoms with Crippen molar-refractivity contribution in [3.8, 4) is 5.82 Å². The number of nitrogen functional groups attached to an aromatic ring is 1. The predicted octanol–water partition coefficient (Wildman–Crippen LogP) is 0.738. The minimum Gasteiger partial charge on any atom is -0.383 e. The van der Waals surface area contributed by atoms with Crippen LogP contribution in [0.15, 0.2) is 12.1 Å². The van der Waals surface area contributed by atoms with Gasteiger partial charge in [-0.1, -0.05) is 0 Å². The van der Waals surface area contributed by atoms with E-state index >= 15 is 0 Å². The Morgan fingerprint density at radius 3 is 2.76 bits per heavy atom. The maximum atomic E-state index is 5.79. The summed E-state index contributed by atoms with van der Waals surface area (Å²) >= 11 is 0. The molecule has 0 fully saturated rings. The van der Waals surface area contributed by atoms with Crippen molar-refractivity contribution in [2.75, 3.05) is 5.73 Å². The second kappa shape index (κ2) is 3.27. The summed E-state index contributed by atoms with van der Waals surface area (Å²) in [5.74, 6) is 1.14. The first kappa shape index (κ1) is 9.76. The number of anilines is 1. The fourth-order valence-electron chi connectivity index (χ4n) is 1.77. The van der Waals surface area contributed by atoms with E-state index in [9.17, 15) is 0 Å². The van der Waals surface area contributed by atoms with Crippen molar-refractivity contribution in [3.05, 3.63) is 23.5 Å². The van der Waals surface area contributed by atoms with Gasteiger partial charge >= 0.3 is 0 Å². The minimum atomic E-state index is 0.517. The molecule has 0 amide bonds. The Balaban J connectivity index is 2.27. The van der Waals surface area contributed by atoms with Gasteiger partial charge in [-0.05, 0) is 26.0 Å². The van der Waals surface area contributed by atoms with Crippen molar-refractivity contribution in [1.29, 1.82) is 0 Å². The Morgan fingerprint density at radius 2 is 2.06 bits per heavy atom. The van der Waals surface area contributed by atoms with E-state index in [1.165, 1.54) is 0 Å². The number of nitrogens with zero attached hydrogens (tertiary/aromatic N) is 5. The zero-order valence-corrected chi connectivity index (χ0v) is 9.47. The van der Waals surface area contributed by atoms with Crippen molar-refractivity contribution < 1.29 is 0 Å². The van der Waals surface area contributed by atoms with Gasteiger partial charge in [0, 0.05) is 0 Å². The number of rotatable bonds is 1. The Kier molecular flexibility index (Phi) is 1.88. The lowest BCUT2D eigenvalue weighted by Crippen LogP contribution is -2.02. The summed E-state index contributed by atoms with van der Waals surface area (Å²) in [5, 5.41) is 20.1. The van der Waals surface area contributed by atoms with Gasteiger partial charge in [0.25, 0.3) is 0 Å². The van der Waals surface area contributed by atoms with E-state index in [1.54, 1.807) is 4.68 Å². The van der Waals surface area contributed by atoms with Crippen molar-refractivity contribution >= 4 is 16.9 Å². The highest BCUT2D eigenvalue weighted by molar-refractivity contribution is 5.89. The van der Waals surface area contributed by atoms with Crippen LogP contribution in [-0.2, 0) is 0 Å². The first-order chi connectivity index (χ1) is 8.16. The zero-order valence-electron chi connectivity index (χ0n) is 9.47. The molecule has 0 saturated carbocycles. The number of aromatic nitrogens is 6. The van der Waals surface area contributed by atoms with Gasteiger partial charge < -0.3 is 5.73 Å². The molecule has 3 aromatic rings. The van der Waals surface area contributed by atoms with E-state index in [4.69, 9.17) is 5.73 Å². The lowest BCUT2D eigenvalue weighted by atomic mass is 10.3. The van der Waals surface area contributed by atoms with E-state index in [0.717, 1.165) is 16.8 Å². The van der Waals surface area contributed by atoms with Crippen molar-refractivity contribution in [3.63, 3.8) is 0 Å². The molecule has 17 heavy (non-hydrogen) atoms. The summed E-state index contributed by atoms with van der Waals surface area (Å²) in [6.07, 6.45) is 0. The van der Waals surface area contributed by atoms with Crippen LogP contribution in [0.25, 0.3) is 16.9 Å². The van der Waals surface area contributed by atoms with Crippen LogP contribution in [0.5, 0.6) is 0 Å².